The molecule has 1 aliphatic heterocycles. The molecule has 0 fully saturated rings. The van der Waals surface area contributed by atoms with Crippen LogP contribution in [0.2, 0.25) is 10.2 Å². The summed E-state index contributed by atoms with van der Waals surface area (Å²) in [5, 5.41) is 10.7. The molecule has 1 aromatic heterocycles. The number of rotatable bonds is 4. The van der Waals surface area contributed by atoms with Gasteiger partial charge in [0.2, 0.25) is 0 Å². The number of aryl methyl sites for hydroxylation is 1. The summed E-state index contributed by atoms with van der Waals surface area (Å²) in [7, 11) is 0. The molecule has 7 nitrogen and oxygen atoms in total. The van der Waals surface area contributed by atoms with E-state index in [0.717, 1.165) is 5.56 Å². The fourth-order valence-corrected chi connectivity index (χ4v) is 3.57. The Kier molecular flexibility index (Phi) is 5.17. The predicted molar refractivity (Wildman–Crippen MR) is 111 cm³/mol. The fraction of sp³-hybridized carbons (Fsp3) is 0.150. The maximum atomic E-state index is 12.8. The van der Waals surface area contributed by atoms with E-state index in [1.165, 1.54) is 4.68 Å². The molecule has 0 bridgehead atoms. The van der Waals surface area contributed by atoms with Crippen LogP contribution in [0, 0.1) is 6.92 Å². The zero-order valence-electron chi connectivity index (χ0n) is 15.3. The first-order valence-corrected chi connectivity index (χ1v) is 9.52. The van der Waals surface area contributed by atoms with E-state index in [0.29, 0.717) is 34.4 Å². The van der Waals surface area contributed by atoms with Crippen molar-refractivity contribution in [3.63, 3.8) is 0 Å². The van der Waals surface area contributed by atoms with E-state index in [2.05, 4.69) is 15.7 Å². The molecule has 0 aliphatic carbocycles. The maximum Gasteiger partial charge on any atom is 0.262 e. The van der Waals surface area contributed by atoms with Crippen LogP contribution in [0.5, 0.6) is 5.75 Å². The van der Waals surface area contributed by atoms with Crippen LogP contribution >= 0.6 is 23.2 Å². The van der Waals surface area contributed by atoms with E-state index < -0.39 is 5.91 Å². The highest BCUT2D eigenvalue weighted by molar-refractivity contribution is 6.34. The lowest BCUT2D eigenvalue weighted by Gasteiger charge is -2.18. The molecule has 2 N–H and O–H groups in total. The summed E-state index contributed by atoms with van der Waals surface area (Å²) in [5.74, 6) is -0.106. The van der Waals surface area contributed by atoms with Crippen molar-refractivity contribution in [1.29, 1.82) is 0 Å². The van der Waals surface area contributed by atoms with Gasteiger partial charge in [-0.25, -0.2) is 4.68 Å². The summed E-state index contributed by atoms with van der Waals surface area (Å²) in [6.45, 7) is 2.03. The molecule has 0 spiro atoms. The number of amides is 2. The second-order valence-electron chi connectivity index (χ2n) is 6.50. The van der Waals surface area contributed by atoms with Crippen molar-refractivity contribution >= 4 is 46.4 Å². The molecule has 2 heterocycles. The highest BCUT2D eigenvalue weighted by Gasteiger charge is 2.22. The van der Waals surface area contributed by atoms with Crippen LogP contribution in [0.15, 0.2) is 42.5 Å². The van der Waals surface area contributed by atoms with Crippen LogP contribution in [0.1, 0.15) is 21.6 Å². The van der Waals surface area contributed by atoms with Crippen LogP contribution in [-0.2, 0) is 11.3 Å². The van der Waals surface area contributed by atoms with Gasteiger partial charge in [0.1, 0.15) is 10.9 Å². The zero-order chi connectivity index (χ0) is 20.5. The molecule has 148 valence electrons. The molecule has 0 radical (unpaired) electrons. The first kappa shape index (κ1) is 19.3. The van der Waals surface area contributed by atoms with Crippen molar-refractivity contribution < 1.29 is 14.3 Å². The third-order valence-corrected chi connectivity index (χ3v) is 5.19. The number of nitrogens with zero attached hydrogens (tertiary/aromatic N) is 2. The van der Waals surface area contributed by atoms with Gasteiger partial charge >= 0.3 is 0 Å². The van der Waals surface area contributed by atoms with Crippen LogP contribution in [0.25, 0.3) is 0 Å². The topological polar surface area (TPSA) is 85.3 Å². The first-order valence-electron chi connectivity index (χ1n) is 8.76. The Labute approximate surface area is 176 Å². The SMILES string of the molecule is Cc1nn(Cc2ccccc2Cl)c(Cl)c1C(=O)Nc1ccc2c(c1)NC(=O)CO2. The van der Waals surface area contributed by atoms with Gasteiger partial charge in [0.15, 0.2) is 6.61 Å². The van der Waals surface area contributed by atoms with Crippen LogP contribution < -0.4 is 15.4 Å². The summed E-state index contributed by atoms with van der Waals surface area (Å²) in [6.07, 6.45) is 0. The Balaban J connectivity index is 1.57. The van der Waals surface area contributed by atoms with E-state index in [1.54, 1.807) is 31.2 Å². The first-order chi connectivity index (χ1) is 13.9. The van der Waals surface area contributed by atoms with Gasteiger partial charge in [-0.05, 0) is 36.8 Å². The van der Waals surface area contributed by atoms with E-state index in [-0.39, 0.29) is 23.2 Å². The Bertz CT molecular complexity index is 1130. The fourth-order valence-electron chi connectivity index (χ4n) is 3.06. The molecule has 2 amide bonds. The Morgan fingerprint density at radius 2 is 2.07 bits per heavy atom. The Morgan fingerprint density at radius 1 is 1.28 bits per heavy atom. The van der Waals surface area contributed by atoms with Crippen molar-refractivity contribution in [2.24, 2.45) is 0 Å². The summed E-state index contributed by atoms with van der Waals surface area (Å²) < 4.78 is 6.85. The number of carbonyl (C=O) groups excluding carboxylic acids is 2. The molecule has 0 atom stereocenters. The molecular weight excluding hydrogens is 415 g/mol. The highest BCUT2D eigenvalue weighted by atomic mass is 35.5. The molecular formula is C20H16Cl2N4O3. The lowest BCUT2D eigenvalue weighted by molar-refractivity contribution is -0.118. The monoisotopic (exact) mass is 430 g/mol. The molecule has 2 aromatic carbocycles. The van der Waals surface area contributed by atoms with E-state index in [4.69, 9.17) is 27.9 Å². The zero-order valence-corrected chi connectivity index (χ0v) is 16.8. The highest BCUT2D eigenvalue weighted by Crippen LogP contribution is 2.31. The molecule has 29 heavy (non-hydrogen) atoms. The second-order valence-corrected chi connectivity index (χ2v) is 7.27. The van der Waals surface area contributed by atoms with Gasteiger partial charge in [0.25, 0.3) is 11.8 Å². The molecule has 9 heteroatoms. The van der Waals surface area contributed by atoms with E-state index in [9.17, 15) is 9.59 Å². The van der Waals surface area contributed by atoms with Gasteiger partial charge in [-0.1, -0.05) is 41.4 Å². The van der Waals surface area contributed by atoms with Gasteiger partial charge in [0.05, 0.1) is 23.5 Å². The third-order valence-electron chi connectivity index (χ3n) is 4.44. The van der Waals surface area contributed by atoms with Crippen LogP contribution in [0.4, 0.5) is 11.4 Å². The third kappa shape index (κ3) is 3.92. The molecule has 1 aliphatic rings. The maximum absolute atomic E-state index is 12.8. The summed E-state index contributed by atoms with van der Waals surface area (Å²) in [6, 6.07) is 12.4. The van der Waals surface area contributed by atoms with Gasteiger partial charge in [0, 0.05) is 10.7 Å². The molecule has 0 saturated carbocycles. The number of nitrogens with one attached hydrogen (secondary N) is 2. The normalized spacial score (nSPS) is 12.7. The summed E-state index contributed by atoms with van der Waals surface area (Å²) in [5.41, 5.74) is 2.60. The van der Waals surface area contributed by atoms with Gasteiger partial charge < -0.3 is 15.4 Å². The quantitative estimate of drug-likeness (QED) is 0.651. The standard InChI is InChI=1S/C20H16Cl2N4O3/c1-11-18(19(22)26(25-11)9-12-4-2-3-5-14(12)21)20(28)23-13-6-7-16-15(8-13)24-17(27)10-29-16/h2-8H,9-10H2,1H3,(H,23,28)(H,24,27). The van der Waals surface area contributed by atoms with Crippen molar-refractivity contribution in [1.82, 2.24) is 9.78 Å². The Morgan fingerprint density at radius 3 is 2.86 bits per heavy atom. The van der Waals surface area contributed by atoms with Crippen molar-refractivity contribution in [3.8, 4) is 5.75 Å². The largest absolute Gasteiger partial charge is 0.482 e. The number of benzene rings is 2. The summed E-state index contributed by atoms with van der Waals surface area (Å²) in [4.78, 5) is 24.3. The molecule has 0 unspecified atom stereocenters. The average molecular weight is 431 g/mol. The summed E-state index contributed by atoms with van der Waals surface area (Å²) >= 11 is 12.7. The molecule has 0 saturated heterocycles. The van der Waals surface area contributed by atoms with E-state index >= 15 is 0 Å². The number of anilines is 2. The number of hydrogen-bond acceptors (Lipinski definition) is 4. The van der Waals surface area contributed by atoms with E-state index in [1.807, 2.05) is 18.2 Å². The number of hydrogen-bond donors (Lipinski definition) is 2. The lowest BCUT2D eigenvalue weighted by Crippen LogP contribution is -2.25. The van der Waals surface area contributed by atoms with Crippen LogP contribution in [0.3, 0.4) is 0 Å². The number of halogens is 2. The number of ether oxygens (including phenoxy) is 1. The minimum absolute atomic E-state index is 0.0296. The van der Waals surface area contributed by atoms with Crippen molar-refractivity contribution in [2.75, 3.05) is 17.2 Å². The minimum atomic E-state index is -0.402. The Hall–Kier alpha value is -3.03. The van der Waals surface area contributed by atoms with Crippen molar-refractivity contribution in [2.45, 2.75) is 13.5 Å². The van der Waals surface area contributed by atoms with Crippen molar-refractivity contribution in [3.05, 3.63) is 69.5 Å². The lowest BCUT2D eigenvalue weighted by atomic mass is 10.2. The smallest absolute Gasteiger partial charge is 0.262 e. The minimum Gasteiger partial charge on any atom is -0.482 e. The number of fused-ring (bicyclic) bond motifs is 1. The number of carbonyl (C=O) groups is 2. The van der Waals surface area contributed by atoms with Gasteiger partial charge in [-0.15, -0.1) is 0 Å². The molecule has 3 aromatic rings. The van der Waals surface area contributed by atoms with Gasteiger partial charge in [-0.2, -0.15) is 5.10 Å². The second kappa shape index (κ2) is 7.77. The van der Waals surface area contributed by atoms with Crippen LogP contribution in [-0.4, -0.2) is 28.2 Å². The average Bonchev–Trinajstić information content (AvgIpc) is 2.96. The van der Waals surface area contributed by atoms with Gasteiger partial charge in [-0.3, -0.25) is 9.59 Å². The predicted octanol–water partition coefficient (Wildman–Crippen LogP) is 4.13. The number of aromatic nitrogens is 2. The molecule has 4 rings (SSSR count).